The lowest BCUT2D eigenvalue weighted by Crippen LogP contribution is -1.99. The molecule has 0 amide bonds. The second kappa shape index (κ2) is 7.66. The summed E-state index contributed by atoms with van der Waals surface area (Å²) in [7, 11) is 0. The van der Waals surface area contributed by atoms with Crippen LogP contribution in [0.2, 0.25) is 10.0 Å². The van der Waals surface area contributed by atoms with Gasteiger partial charge in [-0.1, -0.05) is 23.2 Å². The van der Waals surface area contributed by atoms with Gasteiger partial charge in [0.1, 0.15) is 0 Å². The standard InChI is InChI=1S/C10H10BrClN2.C7H4BrClN2/c1-6(2)14-5-7-9(13-14)4-3-8(11)10(7)12;8-5-1-2-6-4(7(5)9)3-10-11-6/h3-6H,1-2H3;1-3H,(H,10,11). The molecule has 1 N–H and O–H groups in total. The Morgan fingerprint density at radius 2 is 1.64 bits per heavy atom. The Hall–Kier alpha value is -1.08. The van der Waals surface area contributed by atoms with Gasteiger partial charge >= 0.3 is 0 Å². The average molecular weight is 505 g/mol. The summed E-state index contributed by atoms with van der Waals surface area (Å²) in [6.45, 7) is 4.18. The minimum atomic E-state index is 0.359. The molecule has 25 heavy (non-hydrogen) atoms. The van der Waals surface area contributed by atoms with Crippen LogP contribution in [0.25, 0.3) is 21.8 Å². The van der Waals surface area contributed by atoms with E-state index in [1.165, 1.54) is 0 Å². The fourth-order valence-corrected chi connectivity index (χ4v) is 3.39. The minimum absolute atomic E-state index is 0.359. The van der Waals surface area contributed by atoms with Crippen LogP contribution in [0.3, 0.4) is 0 Å². The Kier molecular flexibility index (Phi) is 5.73. The van der Waals surface area contributed by atoms with Crippen LogP contribution >= 0.6 is 55.1 Å². The van der Waals surface area contributed by atoms with Crippen LogP contribution in [0, 0.1) is 0 Å². The molecular formula is C17H14Br2Cl2N4. The van der Waals surface area contributed by atoms with E-state index < -0.39 is 0 Å². The molecule has 4 nitrogen and oxygen atoms in total. The van der Waals surface area contributed by atoms with Crippen LogP contribution < -0.4 is 0 Å². The third-order valence-corrected chi connectivity index (χ3v) is 6.23. The molecule has 8 heteroatoms. The normalized spacial score (nSPS) is 11.2. The molecule has 0 spiro atoms. The molecule has 2 aromatic carbocycles. The maximum atomic E-state index is 6.14. The molecule has 130 valence electrons. The zero-order chi connectivity index (χ0) is 18.1. The van der Waals surface area contributed by atoms with Crippen molar-refractivity contribution in [2.24, 2.45) is 0 Å². The summed E-state index contributed by atoms with van der Waals surface area (Å²) in [5, 5.41) is 14.5. The quantitative estimate of drug-likeness (QED) is 0.303. The second-order valence-electron chi connectivity index (χ2n) is 5.69. The zero-order valence-electron chi connectivity index (χ0n) is 13.4. The number of halogens is 4. The minimum Gasteiger partial charge on any atom is -0.278 e. The van der Waals surface area contributed by atoms with Crippen molar-refractivity contribution in [2.45, 2.75) is 19.9 Å². The molecule has 0 fully saturated rings. The van der Waals surface area contributed by atoms with Gasteiger partial charge in [0, 0.05) is 32.0 Å². The van der Waals surface area contributed by atoms with Crippen molar-refractivity contribution in [2.75, 3.05) is 0 Å². The summed E-state index contributed by atoms with van der Waals surface area (Å²) in [5.41, 5.74) is 1.89. The molecule has 0 saturated carbocycles. The van der Waals surface area contributed by atoms with E-state index in [-0.39, 0.29) is 0 Å². The van der Waals surface area contributed by atoms with Crippen molar-refractivity contribution in [1.82, 2.24) is 20.0 Å². The maximum absolute atomic E-state index is 6.14. The van der Waals surface area contributed by atoms with Gasteiger partial charge in [-0.2, -0.15) is 10.2 Å². The molecule has 0 atom stereocenters. The predicted molar refractivity (Wildman–Crippen MR) is 112 cm³/mol. The van der Waals surface area contributed by atoms with Gasteiger partial charge in [0.2, 0.25) is 0 Å². The van der Waals surface area contributed by atoms with E-state index in [1.54, 1.807) is 6.20 Å². The van der Waals surface area contributed by atoms with Crippen LogP contribution in [0.15, 0.2) is 45.6 Å². The maximum Gasteiger partial charge on any atom is 0.0939 e. The number of fused-ring (bicyclic) bond motifs is 2. The highest BCUT2D eigenvalue weighted by Gasteiger charge is 2.08. The van der Waals surface area contributed by atoms with Gasteiger partial charge < -0.3 is 0 Å². The Morgan fingerprint density at radius 3 is 2.32 bits per heavy atom. The summed E-state index contributed by atoms with van der Waals surface area (Å²) >= 11 is 18.8. The highest BCUT2D eigenvalue weighted by molar-refractivity contribution is 9.10. The van der Waals surface area contributed by atoms with Crippen LogP contribution in [0.5, 0.6) is 0 Å². The van der Waals surface area contributed by atoms with E-state index in [4.69, 9.17) is 23.2 Å². The highest BCUT2D eigenvalue weighted by atomic mass is 79.9. The molecule has 0 radical (unpaired) electrons. The van der Waals surface area contributed by atoms with Gasteiger partial charge in [0.15, 0.2) is 0 Å². The first kappa shape index (κ1) is 18.7. The lowest BCUT2D eigenvalue weighted by atomic mass is 10.2. The summed E-state index contributed by atoms with van der Waals surface area (Å²) in [5.74, 6) is 0. The summed E-state index contributed by atoms with van der Waals surface area (Å²) < 4.78 is 3.73. The number of rotatable bonds is 1. The topological polar surface area (TPSA) is 46.5 Å². The van der Waals surface area contributed by atoms with Crippen molar-refractivity contribution in [3.05, 3.63) is 55.6 Å². The Balaban J connectivity index is 0.000000150. The van der Waals surface area contributed by atoms with Gasteiger partial charge in [0.05, 0.1) is 27.3 Å². The Bertz CT molecular complexity index is 1040. The third kappa shape index (κ3) is 3.87. The lowest BCUT2D eigenvalue weighted by molar-refractivity contribution is 0.537. The molecule has 0 unspecified atom stereocenters. The average Bonchev–Trinajstić information content (AvgIpc) is 3.22. The number of nitrogens with zero attached hydrogens (tertiary/aromatic N) is 3. The van der Waals surface area contributed by atoms with Crippen LogP contribution in [0.4, 0.5) is 0 Å². The fourth-order valence-electron chi connectivity index (χ4n) is 2.27. The summed E-state index contributed by atoms with van der Waals surface area (Å²) in [6.07, 6.45) is 3.69. The summed E-state index contributed by atoms with van der Waals surface area (Å²) in [4.78, 5) is 0. The van der Waals surface area contributed by atoms with Crippen molar-refractivity contribution in [3.63, 3.8) is 0 Å². The Labute approximate surface area is 171 Å². The largest absolute Gasteiger partial charge is 0.278 e. The molecule has 4 rings (SSSR count). The predicted octanol–water partition coefficient (Wildman–Crippen LogP) is 7.01. The first-order chi connectivity index (χ1) is 11.9. The van der Waals surface area contributed by atoms with Gasteiger partial charge in [-0.25, -0.2) is 0 Å². The number of benzene rings is 2. The van der Waals surface area contributed by atoms with E-state index in [2.05, 4.69) is 61.0 Å². The highest BCUT2D eigenvalue weighted by Crippen LogP contribution is 2.31. The number of H-pyrrole nitrogens is 1. The van der Waals surface area contributed by atoms with Crippen LogP contribution in [0.1, 0.15) is 19.9 Å². The van der Waals surface area contributed by atoms with Crippen LogP contribution in [-0.2, 0) is 0 Å². The van der Waals surface area contributed by atoms with Crippen molar-refractivity contribution >= 4 is 76.9 Å². The first-order valence-electron chi connectivity index (χ1n) is 7.48. The van der Waals surface area contributed by atoms with Crippen molar-refractivity contribution < 1.29 is 0 Å². The zero-order valence-corrected chi connectivity index (χ0v) is 18.1. The molecule has 0 aliphatic carbocycles. The number of aromatic nitrogens is 4. The molecular weight excluding hydrogens is 491 g/mol. The van der Waals surface area contributed by atoms with Crippen LogP contribution in [-0.4, -0.2) is 20.0 Å². The number of aromatic amines is 1. The van der Waals surface area contributed by atoms with Gasteiger partial charge in [0.25, 0.3) is 0 Å². The molecule has 4 aromatic rings. The van der Waals surface area contributed by atoms with Gasteiger partial charge in [-0.05, 0) is 70.0 Å². The van der Waals surface area contributed by atoms with Crippen molar-refractivity contribution in [1.29, 1.82) is 0 Å². The molecule has 0 aliphatic rings. The lowest BCUT2D eigenvalue weighted by Gasteiger charge is -2.02. The SMILES string of the molecule is CC(C)n1cc2c(Cl)c(Br)ccc2n1.Clc1c(Br)ccc2[nH]ncc12. The Morgan fingerprint density at radius 1 is 1.00 bits per heavy atom. The first-order valence-corrected chi connectivity index (χ1v) is 9.82. The monoisotopic (exact) mass is 502 g/mol. The fraction of sp³-hybridized carbons (Fsp3) is 0.176. The van der Waals surface area contributed by atoms with E-state index in [0.717, 1.165) is 35.8 Å². The van der Waals surface area contributed by atoms with E-state index in [0.29, 0.717) is 11.1 Å². The van der Waals surface area contributed by atoms with E-state index in [1.807, 2.05) is 35.1 Å². The van der Waals surface area contributed by atoms with E-state index >= 15 is 0 Å². The molecule has 0 saturated heterocycles. The second-order valence-corrected chi connectivity index (χ2v) is 8.15. The molecule has 0 bridgehead atoms. The molecule has 0 aliphatic heterocycles. The van der Waals surface area contributed by atoms with Gasteiger partial charge in [-0.15, -0.1) is 0 Å². The number of hydrogen-bond acceptors (Lipinski definition) is 2. The smallest absolute Gasteiger partial charge is 0.0939 e. The summed E-state index contributed by atoms with van der Waals surface area (Å²) in [6, 6.07) is 8.06. The number of hydrogen-bond donors (Lipinski definition) is 1. The van der Waals surface area contributed by atoms with Crippen molar-refractivity contribution in [3.8, 4) is 0 Å². The number of nitrogens with one attached hydrogen (secondary N) is 1. The third-order valence-electron chi connectivity index (χ3n) is 3.63. The molecule has 2 aromatic heterocycles. The van der Waals surface area contributed by atoms with Gasteiger partial charge in [-0.3, -0.25) is 9.78 Å². The molecule has 2 heterocycles. The van der Waals surface area contributed by atoms with E-state index in [9.17, 15) is 0 Å².